The Morgan fingerprint density at radius 2 is 1.90 bits per heavy atom. The summed E-state index contributed by atoms with van der Waals surface area (Å²) in [5.41, 5.74) is 0.417. The Hall–Kier alpha value is -1.43. The number of halogens is 3. The first kappa shape index (κ1) is 15.9. The van der Waals surface area contributed by atoms with E-state index >= 15 is 0 Å². The topological polar surface area (TPSA) is 46.2 Å². The molecule has 0 radical (unpaired) electrons. The van der Waals surface area contributed by atoms with Crippen molar-refractivity contribution in [3.05, 3.63) is 57.8 Å². The van der Waals surface area contributed by atoms with Gasteiger partial charge in [-0.2, -0.15) is 0 Å². The molecule has 0 fully saturated rings. The number of hydrogen-bond acceptors (Lipinski definition) is 2. The van der Waals surface area contributed by atoms with Crippen LogP contribution in [-0.2, 0) is 10.8 Å². The lowest BCUT2D eigenvalue weighted by Crippen LogP contribution is -2.13. The summed E-state index contributed by atoms with van der Waals surface area (Å²) in [6.07, 6.45) is 1.53. The van der Waals surface area contributed by atoms with E-state index in [0.717, 1.165) is 6.07 Å². The summed E-state index contributed by atoms with van der Waals surface area (Å²) >= 11 is 11.5. The van der Waals surface area contributed by atoms with Crippen LogP contribution in [0.4, 0.5) is 10.1 Å². The van der Waals surface area contributed by atoms with Crippen LogP contribution in [0.5, 0.6) is 0 Å². The predicted molar refractivity (Wildman–Crippen MR) is 83.1 cm³/mol. The molecule has 2 aromatic carbocycles. The standard InChI is InChI=1S/C14H10Cl2FNO2S/c1-21(20)9-4-2-3-8(5-9)18-14(19)10-6-13(17)12(16)7-11(10)15/h2-7H,1H3,(H,18,19)/t21-/m0/s1. The van der Waals surface area contributed by atoms with Crippen LogP contribution in [0.25, 0.3) is 0 Å². The molecule has 0 heterocycles. The van der Waals surface area contributed by atoms with Gasteiger partial charge in [-0.05, 0) is 30.3 Å². The number of benzene rings is 2. The van der Waals surface area contributed by atoms with Gasteiger partial charge in [-0.3, -0.25) is 9.00 Å². The van der Waals surface area contributed by atoms with Crippen molar-refractivity contribution in [3.63, 3.8) is 0 Å². The highest BCUT2D eigenvalue weighted by atomic mass is 35.5. The molecule has 1 atom stereocenters. The lowest BCUT2D eigenvalue weighted by Gasteiger charge is -2.08. The third-order valence-corrected chi connectivity index (χ3v) is 4.20. The molecule has 3 nitrogen and oxygen atoms in total. The third-order valence-electron chi connectivity index (χ3n) is 2.68. The van der Waals surface area contributed by atoms with Gasteiger partial charge in [0.05, 0.1) is 15.6 Å². The number of amides is 1. The molecule has 2 aromatic rings. The van der Waals surface area contributed by atoms with Crippen molar-refractivity contribution in [3.8, 4) is 0 Å². The first-order valence-electron chi connectivity index (χ1n) is 5.78. The number of carbonyl (C=O) groups excluding carboxylic acids is 1. The molecule has 1 amide bonds. The van der Waals surface area contributed by atoms with Crippen LogP contribution in [0.3, 0.4) is 0 Å². The largest absolute Gasteiger partial charge is 0.322 e. The molecule has 0 unspecified atom stereocenters. The second kappa shape index (κ2) is 6.56. The van der Waals surface area contributed by atoms with E-state index in [2.05, 4.69) is 5.32 Å². The minimum absolute atomic E-state index is 0.0263. The molecule has 0 saturated carbocycles. The number of nitrogens with one attached hydrogen (secondary N) is 1. The maximum Gasteiger partial charge on any atom is 0.257 e. The highest BCUT2D eigenvalue weighted by Gasteiger charge is 2.14. The lowest BCUT2D eigenvalue weighted by atomic mass is 10.2. The quantitative estimate of drug-likeness (QED) is 0.850. The first-order valence-corrected chi connectivity index (χ1v) is 8.09. The van der Waals surface area contributed by atoms with E-state index in [1.807, 2.05) is 0 Å². The van der Waals surface area contributed by atoms with Gasteiger partial charge in [-0.1, -0.05) is 29.3 Å². The van der Waals surface area contributed by atoms with Gasteiger partial charge in [0, 0.05) is 27.6 Å². The maximum atomic E-state index is 13.4. The van der Waals surface area contributed by atoms with Crippen LogP contribution < -0.4 is 5.32 Å². The Morgan fingerprint density at radius 1 is 1.19 bits per heavy atom. The molecule has 1 N–H and O–H groups in total. The molecule has 2 rings (SSSR count). The van der Waals surface area contributed by atoms with Crippen LogP contribution >= 0.6 is 23.2 Å². The van der Waals surface area contributed by atoms with Gasteiger partial charge >= 0.3 is 0 Å². The van der Waals surface area contributed by atoms with Gasteiger partial charge in [-0.15, -0.1) is 0 Å². The fraction of sp³-hybridized carbons (Fsp3) is 0.0714. The summed E-state index contributed by atoms with van der Waals surface area (Å²) in [4.78, 5) is 12.7. The molecule has 0 aliphatic rings. The van der Waals surface area contributed by atoms with Gasteiger partial charge in [0.25, 0.3) is 5.91 Å². The average Bonchev–Trinajstić information content (AvgIpc) is 2.43. The molecule has 0 saturated heterocycles. The van der Waals surface area contributed by atoms with Crippen LogP contribution in [-0.4, -0.2) is 16.4 Å². The normalized spacial score (nSPS) is 12.0. The second-order valence-electron chi connectivity index (χ2n) is 4.18. The molecule has 21 heavy (non-hydrogen) atoms. The van der Waals surface area contributed by atoms with Gasteiger partial charge in [0.15, 0.2) is 0 Å². The Morgan fingerprint density at radius 3 is 2.57 bits per heavy atom. The highest BCUT2D eigenvalue weighted by molar-refractivity contribution is 7.84. The van der Waals surface area contributed by atoms with Gasteiger partial charge < -0.3 is 5.32 Å². The zero-order valence-electron chi connectivity index (χ0n) is 10.8. The zero-order valence-corrected chi connectivity index (χ0v) is 13.2. The molecular formula is C14H10Cl2FNO2S. The fourth-order valence-electron chi connectivity index (χ4n) is 1.65. The fourth-order valence-corrected chi connectivity index (χ4v) is 2.68. The number of carbonyl (C=O) groups is 1. The summed E-state index contributed by atoms with van der Waals surface area (Å²) in [6, 6.07) is 8.70. The highest BCUT2D eigenvalue weighted by Crippen LogP contribution is 2.25. The van der Waals surface area contributed by atoms with E-state index in [1.54, 1.807) is 24.3 Å². The summed E-state index contributed by atoms with van der Waals surface area (Å²) in [5, 5.41) is 2.47. The first-order chi connectivity index (χ1) is 9.88. The van der Waals surface area contributed by atoms with E-state index < -0.39 is 22.5 Å². The van der Waals surface area contributed by atoms with Crippen molar-refractivity contribution in [2.24, 2.45) is 0 Å². The summed E-state index contributed by atoms with van der Waals surface area (Å²) < 4.78 is 24.8. The van der Waals surface area contributed by atoms with Crippen molar-refractivity contribution in [1.82, 2.24) is 0 Å². The Kier molecular flexibility index (Phi) is 4.98. The molecule has 110 valence electrons. The number of rotatable bonds is 3. The summed E-state index contributed by atoms with van der Waals surface area (Å²) in [7, 11) is -1.16. The molecule has 7 heteroatoms. The van der Waals surface area contributed by atoms with Gasteiger partial charge in [-0.25, -0.2) is 4.39 Å². The van der Waals surface area contributed by atoms with Crippen LogP contribution in [0.15, 0.2) is 41.3 Å². The molecular weight excluding hydrogens is 336 g/mol. The zero-order chi connectivity index (χ0) is 15.6. The van der Waals surface area contributed by atoms with Crippen molar-refractivity contribution in [1.29, 1.82) is 0 Å². The SMILES string of the molecule is C[S@](=O)c1cccc(NC(=O)c2cc(F)c(Cl)cc2Cl)c1. The van der Waals surface area contributed by atoms with Crippen molar-refractivity contribution in [2.75, 3.05) is 11.6 Å². The number of anilines is 1. The Labute approximate surface area is 133 Å². The third kappa shape index (κ3) is 3.81. The molecule has 0 bridgehead atoms. The van der Waals surface area contributed by atoms with E-state index in [4.69, 9.17) is 23.2 Å². The van der Waals surface area contributed by atoms with Gasteiger partial charge in [0.2, 0.25) is 0 Å². The number of hydrogen-bond donors (Lipinski definition) is 1. The Bertz CT molecular complexity index is 737. The summed E-state index contributed by atoms with van der Waals surface area (Å²) in [5.74, 6) is -1.30. The smallest absolute Gasteiger partial charge is 0.257 e. The van der Waals surface area contributed by atoms with Crippen molar-refractivity contribution in [2.45, 2.75) is 4.90 Å². The minimum Gasteiger partial charge on any atom is -0.322 e. The Balaban J connectivity index is 2.28. The minimum atomic E-state index is -1.16. The monoisotopic (exact) mass is 345 g/mol. The van der Waals surface area contributed by atoms with E-state index in [-0.39, 0.29) is 15.6 Å². The average molecular weight is 346 g/mol. The van der Waals surface area contributed by atoms with Crippen LogP contribution in [0, 0.1) is 5.82 Å². The van der Waals surface area contributed by atoms with E-state index in [1.165, 1.54) is 12.3 Å². The molecule has 0 aromatic heterocycles. The second-order valence-corrected chi connectivity index (χ2v) is 6.38. The molecule has 0 spiro atoms. The van der Waals surface area contributed by atoms with E-state index in [0.29, 0.717) is 10.6 Å². The van der Waals surface area contributed by atoms with E-state index in [9.17, 15) is 13.4 Å². The maximum absolute atomic E-state index is 13.4. The molecule has 0 aliphatic heterocycles. The summed E-state index contributed by atoms with van der Waals surface area (Å²) in [6.45, 7) is 0. The van der Waals surface area contributed by atoms with Gasteiger partial charge in [0.1, 0.15) is 5.82 Å². The van der Waals surface area contributed by atoms with Crippen LogP contribution in [0.1, 0.15) is 10.4 Å². The lowest BCUT2D eigenvalue weighted by molar-refractivity contribution is 0.102. The predicted octanol–water partition coefficient (Wildman–Crippen LogP) is 4.12. The van der Waals surface area contributed by atoms with Crippen molar-refractivity contribution < 1.29 is 13.4 Å². The molecule has 0 aliphatic carbocycles. The van der Waals surface area contributed by atoms with Crippen molar-refractivity contribution >= 4 is 45.6 Å². The van der Waals surface area contributed by atoms with Crippen LogP contribution in [0.2, 0.25) is 10.0 Å².